The number of rotatable bonds is 2. The van der Waals surface area contributed by atoms with Crippen LogP contribution in [0.1, 0.15) is 15.9 Å². The molecule has 1 N–H and O–H groups in total. The van der Waals surface area contributed by atoms with Gasteiger partial charge in [0.2, 0.25) is 0 Å². The predicted octanol–water partition coefficient (Wildman–Crippen LogP) is 1.97. The van der Waals surface area contributed by atoms with Gasteiger partial charge in [-0.1, -0.05) is 0 Å². The SMILES string of the molecule is COC(=O)c1cc(N[O-])c(F)c(C)c1F. The zero-order valence-corrected chi connectivity index (χ0v) is 8.06. The molecular weight excluding hydrogens is 208 g/mol. The van der Waals surface area contributed by atoms with Crippen molar-refractivity contribution in [2.24, 2.45) is 0 Å². The fourth-order valence-electron chi connectivity index (χ4n) is 1.10. The quantitative estimate of drug-likeness (QED) is 0.606. The summed E-state index contributed by atoms with van der Waals surface area (Å²) in [7, 11) is 1.06. The first-order valence-electron chi connectivity index (χ1n) is 3.98. The molecule has 1 aromatic rings. The van der Waals surface area contributed by atoms with Crippen LogP contribution < -0.4 is 5.48 Å². The first kappa shape index (κ1) is 11.4. The van der Waals surface area contributed by atoms with Crippen molar-refractivity contribution in [2.75, 3.05) is 12.6 Å². The van der Waals surface area contributed by atoms with E-state index in [0.29, 0.717) is 0 Å². The minimum absolute atomic E-state index is 0.406. The van der Waals surface area contributed by atoms with Gasteiger partial charge in [-0.15, -0.1) is 0 Å². The average Bonchev–Trinajstić information content (AvgIpc) is 2.25. The number of hydrogen-bond acceptors (Lipinski definition) is 4. The van der Waals surface area contributed by atoms with Gasteiger partial charge in [-0.25, -0.2) is 13.6 Å². The van der Waals surface area contributed by atoms with E-state index in [2.05, 4.69) is 4.74 Å². The van der Waals surface area contributed by atoms with Crippen molar-refractivity contribution in [1.82, 2.24) is 0 Å². The molecule has 6 heteroatoms. The summed E-state index contributed by atoms with van der Waals surface area (Å²) in [4.78, 5) is 11.1. The summed E-state index contributed by atoms with van der Waals surface area (Å²) < 4.78 is 30.8. The minimum atomic E-state index is -1.03. The highest BCUT2D eigenvalue weighted by Crippen LogP contribution is 2.24. The molecule has 0 fully saturated rings. The molecular formula is C9H8F2NO3-. The Hall–Kier alpha value is -1.69. The van der Waals surface area contributed by atoms with Crippen molar-refractivity contribution in [3.63, 3.8) is 0 Å². The molecule has 0 spiro atoms. The van der Waals surface area contributed by atoms with Gasteiger partial charge in [0, 0.05) is 5.56 Å². The van der Waals surface area contributed by atoms with Crippen LogP contribution in [0.15, 0.2) is 6.07 Å². The van der Waals surface area contributed by atoms with Crippen molar-refractivity contribution >= 4 is 11.7 Å². The number of nitrogens with one attached hydrogen (secondary N) is 1. The first-order valence-corrected chi connectivity index (χ1v) is 3.98. The number of ether oxygens (including phenoxy) is 1. The van der Waals surface area contributed by atoms with Gasteiger partial charge in [0.05, 0.1) is 18.4 Å². The van der Waals surface area contributed by atoms with Crippen LogP contribution in [0.25, 0.3) is 0 Å². The van der Waals surface area contributed by atoms with Crippen LogP contribution in [0.5, 0.6) is 0 Å². The van der Waals surface area contributed by atoms with Crippen LogP contribution in [-0.4, -0.2) is 13.1 Å². The average molecular weight is 216 g/mol. The molecule has 0 saturated heterocycles. The van der Waals surface area contributed by atoms with Crippen LogP contribution in [0, 0.1) is 23.8 Å². The standard InChI is InChI=1S/C9H8F2NO3/c1-4-7(10)5(9(13)15-2)3-6(12-14)8(4)11/h3,12H,1-2H3/q-1. The Morgan fingerprint density at radius 1 is 1.47 bits per heavy atom. The number of hydrogen-bond donors (Lipinski definition) is 1. The third kappa shape index (κ3) is 1.89. The van der Waals surface area contributed by atoms with Crippen molar-refractivity contribution in [2.45, 2.75) is 6.92 Å². The predicted molar refractivity (Wildman–Crippen MR) is 49.4 cm³/mol. The molecule has 1 aromatic carbocycles. The third-order valence-corrected chi connectivity index (χ3v) is 1.94. The number of methoxy groups -OCH3 is 1. The Morgan fingerprint density at radius 3 is 2.53 bits per heavy atom. The Labute approximate surface area is 84.4 Å². The highest BCUT2D eigenvalue weighted by Gasteiger charge is 2.19. The van der Waals surface area contributed by atoms with Gasteiger partial charge < -0.3 is 15.4 Å². The van der Waals surface area contributed by atoms with E-state index in [0.717, 1.165) is 20.1 Å². The maximum absolute atomic E-state index is 13.3. The molecule has 0 bridgehead atoms. The maximum Gasteiger partial charge on any atom is 0.340 e. The van der Waals surface area contributed by atoms with Crippen LogP contribution in [-0.2, 0) is 4.74 Å². The largest absolute Gasteiger partial charge is 0.761 e. The lowest BCUT2D eigenvalue weighted by molar-refractivity contribution is 0.0595. The smallest absolute Gasteiger partial charge is 0.340 e. The molecule has 4 nitrogen and oxygen atoms in total. The first-order chi connectivity index (χ1) is 7.02. The van der Waals surface area contributed by atoms with Crippen molar-refractivity contribution in [3.05, 3.63) is 34.0 Å². The second-order valence-corrected chi connectivity index (χ2v) is 2.82. The van der Waals surface area contributed by atoms with E-state index in [4.69, 9.17) is 0 Å². The summed E-state index contributed by atoms with van der Waals surface area (Å²) in [6.07, 6.45) is 0. The summed E-state index contributed by atoms with van der Waals surface area (Å²) in [5.41, 5.74) is -0.0915. The number of esters is 1. The topological polar surface area (TPSA) is 61.4 Å². The van der Waals surface area contributed by atoms with Gasteiger partial charge in [-0.2, -0.15) is 0 Å². The fraction of sp³-hybridized carbons (Fsp3) is 0.222. The second-order valence-electron chi connectivity index (χ2n) is 2.82. The van der Waals surface area contributed by atoms with Crippen molar-refractivity contribution < 1.29 is 18.3 Å². The van der Waals surface area contributed by atoms with Gasteiger partial charge in [0.25, 0.3) is 0 Å². The summed E-state index contributed by atoms with van der Waals surface area (Å²) >= 11 is 0. The number of benzene rings is 1. The summed E-state index contributed by atoms with van der Waals surface area (Å²) in [5, 5.41) is 10.3. The Kier molecular flexibility index (Phi) is 3.21. The van der Waals surface area contributed by atoms with E-state index in [9.17, 15) is 18.8 Å². The van der Waals surface area contributed by atoms with E-state index < -0.39 is 34.4 Å². The molecule has 82 valence electrons. The normalized spacial score (nSPS) is 9.93. The van der Waals surface area contributed by atoms with Gasteiger partial charge in [-0.05, 0) is 13.0 Å². The van der Waals surface area contributed by atoms with Gasteiger partial charge in [0.1, 0.15) is 5.82 Å². The van der Waals surface area contributed by atoms with Crippen molar-refractivity contribution in [1.29, 1.82) is 0 Å². The summed E-state index contributed by atoms with van der Waals surface area (Å²) in [5.74, 6) is -3.01. The van der Waals surface area contributed by atoms with Gasteiger partial charge in [-0.3, -0.25) is 0 Å². The molecule has 0 heterocycles. The number of carbonyl (C=O) groups is 1. The molecule has 0 amide bonds. The third-order valence-electron chi connectivity index (χ3n) is 1.94. The number of anilines is 1. The Balaban J connectivity index is 3.41. The van der Waals surface area contributed by atoms with E-state index in [1.54, 1.807) is 0 Å². The number of carbonyl (C=O) groups excluding carboxylic acids is 1. The molecule has 0 atom stereocenters. The lowest BCUT2D eigenvalue weighted by Gasteiger charge is -2.14. The van der Waals surface area contributed by atoms with E-state index >= 15 is 0 Å². The molecule has 0 aliphatic rings. The Morgan fingerprint density at radius 2 is 2.07 bits per heavy atom. The molecule has 0 aliphatic heterocycles. The van der Waals surface area contributed by atoms with E-state index in [1.807, 2.05) is 0 Å². The van der Waals surface area contributed by atoms with E-state index in [1.165, 1.54) is 5.48 Å². The van der Waals surface area contributed by atoms with Crippen LogP contribution in [0.2, 0.25) is 0 Å². The summed E-state index contributed by atoms with van der Waals surface area (Å²) in [6, 6.07) is 0.774. The monoisotopic (exact) mass is 216 g/mol. The lowest BCUT2D eigenvalue weighted by atomic mass is 10.1. The van der Waals surface area contributed by atoms with E-state index in [-0.39, 0.29) is 0 Å². The molecule has 1 rings (SSSR count). The highest BCUT2D eigenvalue weighted by molar-refractivity contribution is 5.91. The zero-order chi connectivity index (χ0) is 11.6. The Bertz CT molecular complexity index is 407. The second kappa shape index (κ2) is 4.22. The molecule has 15 heavy (non-hydrogen) atoms. The van der Waals surface area contributed by atoms with Crippen LogP contribution in [0.3, 0.4) is 0 Å². The fourth-order valence-corrected chi connectivity index (χ4v) is 1.10. The van der Waals surface area contributed by atoms with Gasteiger partial charge in [0.15, 0.2) is 5.82 Å². The molecule has 0 aromatic heterocycles. The zero-order valence-electron chi connectivity index (χ0n) is 8.06. The summed E-state index contributed by atoms with van der Waals surface area (Å²) in [6.45, 7) is 1.12. The van der Waals surface area contributed by atoms with Crippen molar-refractivity contribution in [3.8, 4) is 0 Å². The minimum Gasteiger partial charge on any atom is -0.761 e. The highest BCUT2D eigenvalue weighted by atomic mass is 19.1. The number of halogens is 2. The van der Waals surface area contributed by atoms with Crippen LogP contribution >= 0.6 is 0 Å². The van der Waals surface area contributed by atoms with Gasteiger partial charge >= 0.3 is 5.97 Å². The molecule has 0 saturated carbocycles. The molecule has 0 aliphatic carbocycles. The van der Waals surface area contributed by atoms with Crippen LogP contribution in [0.4, 0.5) is 14.5 Å². The maximum atomic E-state index is 13.3. The molecule has 0 radical (unpaired) electrons. The lowest BCUT2D eigenvalue weighted by Crippen LogP contribution is -2.08. The molecule has 0 unspecified atom stereocenters.